The van der Waals surface area contributed by atoms with Crippen molar-refractivity contribution in [1.82, 2.24) is 0 Å². The summed E-state index contributed by atoms with van der Waals surface area (Å²) in [6.07, 6.45) is 6.59. The van der Waals surface area contributed by atoms with Crippen LogP contribution in [0.4, 0.5) is 0 Å². The smallest absolute Gasteiger partial charge is 0.0634 e. The maximum Gasteiger partial charge on any atom is 0.0634 e. The Bertz CT molecular complexity index is 369. The Morgan fingerprint density at radius 2 is 2.00 bits per heavy atom. The Hall–Kier alpha value is -0.530. The first-order chi connectivity index (χ1) is 8.10. The molecular weight excluding hydrogens is 232 g/mol. The summed E-state index contributed by atoms with van der Waals surface area (Å²) in [6, 6.07) is 7.82. The summed E-state index contributed by atoms with van der Waals surface area (Å²) in [4.78, 5) is 0. The number of aliphatic hydroxyl groups excluding tert-OH is 1. The third kappa shape index (κ3) is 3.23. The van der Waals surface area contributed by atoms with Crippen LogP contribution in [-0.4, -0.2) is 11.2 Å². The van der Waals surface area contributed by atoms with Crippen LogP contribution in [0.2, 0.25) is 5.02 Å². The lowest BCUT2D eigenvalue weighted by atomic mass is 9.70. The molecule has 1 aliphatic rings. The van der Waals surface area contributed by atoms with Crippen LogP contribution in [0.5, 0.6) is 0 Å². The van der Waals surface area contributed by atoms with Crippen LogP contribution in [-0.2, 0) is 6.42 Å². The summed E-state index contributed by atoms with van der Waals surface area (Å²) < 4.78 is 0. The van der Waals surface area contributed by atoms with Crippen molar-refractivity contribution in [1.29, 1.82) is 0 Å². The van der Waals surface area contributed by atoms with Crippen molar-refractivity contribution in [3.8, 4) is 0 Å². The molecule has 0 heterocycles. The van der Waals surface area contributed by atoms with Gasteiger partial charge in [0.2, 0.25) is 0 Å². The molecule has 0 aromatic heterocycles. The molecule has 2 rings (SSSR count). The summed E-state index contributed by atoms with van der Waals surface area (Å²) in [5.74, 6) is 0. The Balaban J connectivity index is 2.02. The number of hydrogen-bond donors (Lipinski definition) is 1. The molecule has 1 saturated carbocycles. The van der Waals surface area contributed by atoms with Crippen molar-refractivity contribution in [3.05, 3.63) is 34.9 Å². The van der Waals surface area contributed by atoms with Gasteiger partial charge in [-0.1, -0.05) is 49.9 Å². The van der Waals surface area contributed by atoms with E-state index >= 15 is 0 Å². The minimum atomic E-state index is -0.249. The molecule has 1 atom stereocenters. The van der Waals surface area contributed by atoms with Gasteiger partial charge < -0.3 is 5.11 Å². The molecule has 0 amide bonds. The number of hydrogen-bond acceptors (Lipinski definition) is 1. The van der Waals surface area contributed by atoms with Crippen LogP contribution in [0.25, 0.3) is 0 Å². The molecule has 94 valence electrons. The van der Waals surface area contributed by atoms with E-state index in [9.17, 15) is 5.11 Å². The van der Waals surface area contributed by atoms with Crippen molar-refractivity contribution in [2.45, 2.75) is 51.6 Å². The first-order valence-electron chi connectivity index (χ1n) is 6.53. The summed E-state index contributed by atoms with van der Waals surface area (Å²) in [5, 5.41) is 11.2. The molecule has 1 aliphatic carbocycles. The normalized spacial score (nSPS) is 21.1. The third-order valence-corrected chi connectivity index (χ3v) is 4.35. The van der Waals surface area contributed by atoms with E-state index in [2.05, 4.69) is 6.92 Å². The summed E-state index contributed by atoms with van der Waals surface area (Å²) >= 11 is 5.97. The zero-order valence-corrected chi connectivity index (χ0v) is 11.2. The maximum absolute atomic E-state index is 10.4. The highest BCUT2D eigenvalue weighted by Gasteiger charge is 2.34. The second-order valence-electron chi connectivity index (χ2n) is 5.56. The predicted octanol–water partition coefficient (Wildman–Crippen LogP) is 4.21. The Morgan fingerprint density at radius 3 is 2.65 bits per heavy atom. The van der Waals surface area contributed by atoms with Gasteiger partial charge >= 0.3 is 0 Å². The van der Waals surface area contributed by atoms with Gasteiger partial charge in [0.1, 0.15) is 0 Å². The Morgan fingerprint density at radius 1 is 1.29 bits per heavy atom. The molecule has 0 bridgehead atoms. The van der Waals surface area contributed by atoms with Gasteiger partial charge in [0.25, 0.3) is 0 Å². The number of aliphatic hydroxyl groups is 1. The molecule has 0 spiro atoms. The zero-order valence-electron chi connectivity index (χ0n) is 10.5. The molecule has 1 aromatic carbocycles. The zero-order chi connectivity index (χ0) is 12.3. The fraction of sp³-hybridized carbons (Fsp3) is 0.600. The average molecular weight is 253 g/mol. The van der Waals surface area contributed by atoms with Crippen LogP contribution in [0.3, 0.4) is 0 Å². The molecule has 1 fully saturated rings. The van der Waals surface area contributed by atoms with Gasteiger partial charge in [0.05, 0.1) is 6.10 Å². The molecule has 1 aromatic rings. The van der Waals surface area contributed by atoms with Gasteiger partial charge in [-0.15, -0.1) is 0 Å². The van der Waals surface area contributed by atoms with Gasteiger partial charge in [-0.3, -0.25) is 0 Å². The van der Waals surface area contributed by atoms with Gasteiger partial charge in [0.15, 0.2) is 0 Å². The highest BCUT2D eigenvalue weighted by molar-refractivity contribution is 6.30. The number of rotatable bonds is 3. The van der Waals surface area contributed by atoms with Crippen LogP contribution in [0, 0.1) is 5.41 Å². The topological polar surface area (TPSA) is 20.2 Å². The van der Waals surface area contributed by atoms with E-state index in [1.807, 2.05) is 24.3 Å². The molecule has 0 aliphatic heterocycles. The minimum Gasteiger partial charge on any atom is -0.392 e. The van der Waals surface area contributed by atoms with Gasteiger partial charge in [-0.2, -0.15) is 0 Å². The SMILES string of the molecule is CC1(C(O)Cc2cccc(Cl)c2)CCCCC1. The second-order valence-corrected chi connectivity index (χ2v) is 6.00. The molecular formula is C15H21ClO. The minimum absolute atomic E-state index is 0.0978. The molecule has 0 saturated heterocycles. The van der Waals surface area contributed by atoms with Crippen molar-refractivity contribution < 1.29 is 5.11 Å². The van der Waals surface area contributed by atoms with Crippen molar-refractivity contribution in [2.75, 3.05) is 0 Å². The summed E-state index contributed by atoms with van der Waals surface area (Å²) in [7, 11) is 0. The standard InChI is InChI=1S/C15H21ClO/c1-15(8-3-2-4-9-15)14(17)11-12-6-5-7-13(16)10-12/h5-7,10,14,17H,2-4,8-9,11H2,1H3. The summed E-state index contributed by atoms with van der Waals surface area (Å²) in [5.41, 5.74) is 1.23. The molecule has 1 N–H and O–H groups in total. The average Bonchev–Trinajstić information content (AvgIpc) is 2.30. The highest BCUT2D eigenvalue weighted by atomic mass is 35.5. The van der Waals surface area contributed by atoms with Crippen molar-refractivity contribution in [2.24, 2.45) is 5.41 Å². The van der Waals surface area contributed by atoms with Crippen molar-refractivity contribution in [3.63, 3.8) is 0 Å². The monoisotopic (exact) mass is 252 g/mol. The fourth-order valence-electron chi connectivity index (χ4n) is 2.83. The van der Waals surface area contributed by atoms with Crippen molar-refractivity contribution >= 4 is 11.6 Å². The first-order valence-corrected chi connectivity index (χ1v) is 6.90. The van der Waals surface area contributed by atoms with E-state index in [1.54, 1.807) is 0 Å². The fourth-order valence-corrected chi connectivity index (χ4v) is 3.04. The van der Waals surface area contributed by atoms with E-state index in [0.717, 1.165) is 29.8 Å². The lowest BCUT2D eigenvalue weighted by molar-refractivity contribution is 0.0104. The lowest BCUT2D eigenvalue weighted by Gasteiger charge is -2.38. The molecule has 17 heavy (non-hydrogen) atoms. The summed E-state index contributed by atoms with van der Waals surface area (Å²) in [6.45, 7) is 2.22. The van der Waals surface area contributed by atoms with E-state index in [1.165, 1.54) is 19.3 Å². The quantitative estimate of drug-likeness (QED) is 0.854. The first kappa shape index (κ1) is 12.9. The highest BCUT2D eigenvalue weighted by Crippen LogP contribution is 2.39. The number of halogens is 1. The molecule has 1 nitrogen and oxygen atoms in total. The van der Waals surface area contributed by atoms with Crippen LogP contribution in [0.15, 0.2) is 24.3 Å². The third-order valence-electron chi connectivity index (χ3n) is 4.12. The van der Waals surface area contributed by atoms with E-state index in [4.69, 9.17) is 11.6 Å². The molecule has 2 heteroatoms. The van der Waals surface area contributed by atoms with E-state index < -0.39 is 0 Å². The van der Waals surface area contributed by atoms with Gasteiger partial charge in [-0.05, 0) is 42.4 Å². The van der Waals surface area contributed by atoms with Gasteiger partial charge in [0, 0.05) is 5.02 Å². The van der Waals surface area contributed by atoms with Crippen LogP contribution >= 0.6 is 11.6 Å². The van der Waals surface area contributed by atoms with Crippen LogP contribution in [0.1, 0.15) is 44.6 Å². The Kier molecular flexibility index (Phi) is 4.11. The number of benzene rings is 1. The largest absolute Gasteiger partial charge is 0.392 e. The Labute approximate surface area is 109 Å². The second kappa shape index (κ2) is 5.41. The van der Waals surface area contributed by atoms with E-state index in [0.29, 0.717) is 0 Å². The maximum atomic E-state index is 10.4. The molecule has 0 radical (unpaired) electrons. The molecule has 1 unspecified atom stereocenters. The van der Waals surface area contributed by atoms with E-state index in [-0.39, 0.29) is 11.5 Å². The lowest BCUT2D eigenvalue weighted by Crippen LogP contribution is -2.35. The predicted molar refractivity (Wildman–Crippen MR) is 72.4 cm³/mol. The van der Waals surface area contributed by atoms with Gasteiger partial charge in [-0.25, -0.2) is 0 Å². The van der Waals surface area contributed by atoms with Crippen LogP contribution < -0.4 is 0 Å².